The third kappa shape index (κ3) is 2.07. The van der Waals surface area contributed by atoms with Gasteiger partial charge in [0.05, 0.1) is 6.04 Å². The minimum atomic E-state index is 0.0648. The van der Waals surface area contributed by atoms with Gasteiger partial charge in [-0.1, -0.05) is 6.92 Å². The Bertz CT molecular complexity index is 76.6. The Morgan fingerprint density at radius 2 is 2.25 bits per heavy atom. The van der Waals surface area contributed by atoms with E-state index in [9.17, 15) is 4.79 Å². The summed E-state index contributed by atoms with van der Waals surface area (Å²) in [5, 5.41) is 2.90. The zero-order valence-corrected chi connectivity index (χ0v) is 5.69. The van der Waals surface area contributed by atoms with Crippen molar-refractivity contribution in [2.24, 2.45) is 0 Å². The van der Waals surface area contributed by atoms with E-state index < -0.39 is 0 Å². The van der Waals surface area contributed by atoms with Crippen LogP contribution in [0, 0.1) is 0 Å². The maximum atomic E-state index is 10.5. The normalized spacial score (nSPS) is 13.4. The number of likely N-dealkylation sites (N-methyl/N-ethyl adjacent to an activating group) is 1. The number of hydrogen-bond donors (Lipinski definition) is 1. The fourth-order valence-electron chi connectivity index (χ4n) is 0.695. The number of Topliss-reactive ketones (excluding diaryl/α,β-unsaturated/α-hetero) is 1. The van der Waals surface area contributed by atoms with Crippen LogP contribution < -0.4 is 5.32 Å². The molecule has 0 aliphatic rings. The van der Waals surface area contributed by atoms with Crippen molar-refractivity contribution in [2.45, 2.75) is 26.3 Å². The summed E-state index contributed by atoms with van der Waals surface area (Å²) in [6, 6.07) is 0.0648. The summed E-state index contributed by atoms with van der Waals surface area (Å²) in [7, 11) is 1.80. The summed E-state index contributed by atoms with van der Waals surface area (Å²) in [6.07, 6.45) is 0.881. The molecule has 1 N–H and O–H groups in total. The highest BCUT2D eigenvalue weighted by Crippen LogP contribution is 1.88. The van der Waals surface area contributed by atoms with Gasteiger partial charge >= 0.3 is 0 Å². The summed E-state index contributed by atoms with van der Waals surface area (Å²) in [6.45, 7) is 3.59. The first-order valence-corrected chi connectivity index (χ1v) is 2.90. The first-order valence-electron chi connectivity index (χ1n) is 2.90. The first kappa shape index (κ1) is 7.63. The standard InChI is InChI=1S/C6H13NO/c1-4-6(7-3)5(2)8/h6-7H,4H2,1-3H3/t6-/m1/s1. The predicted molar refractivity (Wildman–Crippen MR) is 33.8 cm³/mol. The van der Waals surface area contributed by atoms with Crippen LogP contribution in [0.2, 0.25) is 0 Å². The van der Waals surface area contributed by atoms with Crippen LogP contribution in [0.3, 0.4) is 0 Å². The Balaban J connectivity index is 3.52. The van der Waals surface area contributed by atoms with Crippen LogP contribution in [0.5, 0.6) is 0 Å². The molecule has 2 heteroatoms. The van der Waals surface area contributed by atoms with Crippen LogP contribution in [0.4, 0.5) is 0 Å². The lowest BCUT2D eigenvalue weighted by molar-refractivity contribution is -0.118. The second-order valence-corrected chi connectivity index (χ2v) is 1.86. The highest BCUT2D eigenvalue weighted by Gasteiger charge is 2.05. The fourth-order valence-corrected chi connectivity index (χ4v) is 0.695. The molecule has 1 atom stereocenters. The molecule has 0 aromatic rings. The Kier molecular flexibility index (Phi) is 3.44. The van der Waals surface area contributed by atoms with E-state index in [1.54, 1.807) is 14.0 Å². The molecule has 0 aliphatic heterocycles. The predicted octanol–water partition coefficient (Wildman–Crippen LogP) is 0.573. The van der Waals surface area contributed by atoms with E-state index in [-0.39, 0.29) is 11.8 Å². The van der Waals surface area contributed by atoms with Gasteiger partial charge in [-0.05, 0) is 20.4 Å². The van der Waals surface area contributed by atoms with Crippen molar-refractivity contribution in [3.8, 4) is 0 Å². The Labute approximate surface area is 50.3 Å². The van der Waals surface area contributed by atoms with E-state index in [2.05, 4.69) is 5.32 Å². The molecule has 0 aliphatic carbocycles. The summed E-state index contributed by atoms with van der Waals surface area (Å²) in [5.41, 5.74) is 0. The van der Waals surface area contributed by atoms with E-state index in [1.807, 2.05) is 6.92 Å². The van der Waals surface area contributed by atoms with Gasteiger partial charge in [0.25, 0.3) is 0 Å². The molecule has 48 valence electrons. The van der Waals surface area contributed by atoms with Crippen molar-refractivity contribution >= 4 is 5.78 Å². The lowest BCUT2D eigenvalue weighted by Gasteiger charge is -2.07. The van der Waals surface area contributed by atoms with Gasteiger partial charge < -0.3 is 5.32 Å². The zero-order valence-electron chi connectivity index (χ0n) is 5.69. The molecule has 0 unspecified atom stereocenters. The van der Waals surface area contributed by atoms with Gasteiger partial charge in [0, 0.05) is 0 Å². The molecule has 0 fully saturated rings. The summed E-state index contributed by atoms with van der Waals surface area (Å²) in [4.78, 5) is 10.5. The molecule has 8 heavy (non-hydrogen) atoms. The highest BCUT2D eigenvalue weighted by molar-refractivity contribution is 5.81. The summed E-state index contributed by atoms with van der Waals surface area (Å²) in [5.74, 6) is 0.218. The highest BCUT2D eigenvalue weighted by atomic mass is 16.1. The summed E-state index contributed by atoms with van der Waals surface area (Å²) < 4.78 is 0. The van der Waals surface area contributed by atoms with E-state index in [0.717, 1.165) is 6.42 Å². The Morgan fingerprint density at radius 3 is 2.25 bits per heavy atom. The molecular formula is C6H13NO. The topological polar surface area (TPSA) is 29.1 Å². The van der Waals surface area contributed by atoms with Gasteiger partial charge in [0.15, 0.2) is 0 Å². The SMILES string of the molecule is CC[C@@H](NC)C(C)=O. The second-order valence-electron chi connectivity index (χ2n) is 1.86. The molecule has 0 amide bonds. The van der Waals surface area contributed by atoms with Crippen molar-refractivity contribution in [2.75, 3.05) is 7.05 Å². The quantitative estimate of drug-likeness (QED) is 0.582. The third-order valence-electron chi connectivity index (χ3n) is 1.25. The van der Waals surface area contributed by atoms with Crippen LogP contribution in [-0.4, -0.2) is 18.9 Å². The van der Waals surface area contributed by atoms with Crippen molar-refractivity contribution in [3.63, 3.8) is 0 Å². The molecule has 0 bridgehead atoms. The number of hydrogen-bond acceptors (Lipinski definition) is 2. The lowest BCUT2D eigenvalue weighted by atomic mass is 10.1. The molecular weight excluding hydrogens is 102 g/mol. The van der Waals surface area contributed by atoms with E-state index in [4.69, 9.17) is 0 Å². The van der Waals surface area contributed by atoms with Crippen LogP contribution in [0.25, 0.3) is 0 Å². The van der Waals surface area contributed by atoms with Crippen molar-refractivity contribution in [3.05, 3.63) is 0 Å². The van der Waals surface area contributed by atoms with E-state index in [1.165, 1.54) is 0 Å². The van der Waals surface area contributed by atoms with Crippen LogP contribution in [0.15, 0.2) is 0 Å². The fraction of sp³-hybridized carbons (Fsp3) is 0.833. The molecule has 0 saturated carbocycles. The van der Waals surface area contributed by atoms with Gasteiger partial charge in [-0.15, -0.1) is 0 Å². The molecule has 2 nitrogen and oxygen atoms in total. The molecule has 0 heterocycles. The molecule has 0 rings (SSSR count). The average Bonchev–Trinajstić information content (AvgIpc) is 1.69. The smallest absolute Gasteiger partial charge is 0.146 e. The molecule has 0 saturated heterocycles. The molecule has 0 aromatic carbocycles. The van der Waals surface area contributed by atoms with E-state index in [0.29, 0.717) is 0 Å². The maximum Gasteiger partial charge on any atom is 0.146 e. The number of carbonyl (C=O) groups is 1. The number of nitrogens with one attached hydrogen (secondary N) is 1. The molecule has 0 aromatic heterocycles. The average molecular weight is 115 g/mol. The monoisotopic (exact) mass is 115 g/mol. The van der Waals surface area contributed by atoms with Crippen molar-refractivity contribution in [1.82, 2.24) is 5.32 Å². The minimum Gasteiger partial charge on any atom is -0.311 e. The third-order valence-corrected chi connectivity index (χ3v) is 1.25. The van der Waals surface area contributed by atoms with Gasteiger partial charge in [0.2, 0.25) is 0 Å². The number of carbonyl (C=O) groups excluding carboxylic acids is 1. The van der Waals surface area contributed by atoms with Gasteiger partial charge in [-0.25, -0.2) is 0 Å². The van der Waals surface area contributed by atoms with Crippen LogP contribution in [-0.2, 0) is 4.79 Å². The van der Waals surface area contributed by atoms with Gasteiger partial charge in [-0.2, -0.15) is 0 Å². The van der Waals surface area contributed by atoms with Crippen molar-refractivity contribution < 1.29 is 4.79 Å². The van der Waals surface area contributed by atoms with E-state index >= 15 is 0 Å². The van der Waals surface area contributed by atoms with Crippen molar-refractivity contribution in [1.29, 1.82) is 0 Å². The molecule has 0 radical (unpaired) electrons. The summed E-state index contributed by atoms with van der Waals surface area (Å²) >= 11 is 0. The van der Waals surface area contributed by atoms with Crippen LogP contribution in [0.1, 0.15) is 20.3 Å². The number of ketones is 1. The Morgan fingerprint density at radius 1 is 1.75 bits per heavy atom. The number of rotatable bonds is 3. The minimum absolute atomic E-state index is 0.0648. The Hall–Kier alpha value is -0.370. The van der Waals surface area contributed by atoms with Gasteiger partial charge in [-0.3, -0.25) is 4.79 Å². The molecule has 0 spiro atoms. The lowest BCUT2D eigenvalue weighted by Crippen LogP contribution is -2.31. The first-order chi connectivity index (χ1) is 3.72. The van der Waals surface area contributed by atoms with Crippen LogP contribution >= 0.6 is 0 Å². The van der Waals surface area contributed by atoms with Gasteiger partial charge in [0.1, 0.15) is 5.78 Å². The second kappa shape index (κ2) is 3.61. The zero-order chi connectivity index (χ0) is 6.57. The largest absolute Gasteiger partial charge is 0.311 e. The maximum absolute atomic E-state index is 10.5.